The summed E-state index contributed by atoms with van der Waals surface area (Å²) in [5, 5.41) is 30.8. The molecular formula is C41H78N13O10+. The molecule has 15 N–H and O–H groups in total. The number of amides is 8. The molecule has 0 aromatic carbocycles. The number of unbranched alkanes of at least 4 members (excludes halogenated alkanes) is 2. The zero-order valence-electron chi connectivity index (χ0n) is 39.4. The van der Waals surface area contributed by atoms with Crippen LogP contribution in [0.5, 0.6) is 0 Å². The number of hydrogen-bond acceptors (Lipinski definition) is 12. The minimum absolute atomic E-state index is 0.0332. The van der Waals surface area contributed by atoms with Crippen molar-refractivity contribution < 1.29 is 52.7 Å². The first-order chi connectivity index (χ1) is 29.7. The summed E-state index contributed by atoms with van der Waals surface area (Å²) in [7, 11) is 6.09. The van der Waals surface area contributed by atoms with E-state index < -0.39 is 108 Å². The van der Waals surface area contributed by atoms with E-state index in [4.69, 9.17) is 17.2 Å². The number of aliphatic hydroxyl groups is 1. The van der Waals surface area contributed by atoms with Crippen LogP contribution in [0.3, 0.4) is 0 Å². The average Bonchev–Trinajstić information content (AvgIpc) is 3.19. The Morgan fingerprint density at radius 3 is 1.50 bits per heavy atom. The topological polar surface area (TPSA) is 361 Å². The van der Waals surface area contributed by atoms with Gasteiger partial charge in [-0.25, -0.2) is 0 Å². The number of hydrogen-bond donors (Lipinski definition) is 12. The molecule has 0 fully saturated rings. The van der Waals surface area contributed by atoms with Crippen LogP contribution >= 0.6 is 0 Å². The zero-order valence-corrected chi connectivity index (χ0v) is 39.4. The van der Waals surface area contributed by atoms with Crippen molar-refractivity contribution in [2.24, 2.45) is 28.1 Å². The Morgan fingerprint density at radius 2 is 1.02 bits per heavy atom. The number of nitrogens with two attached hydrogens (primary N) is 3. The van der Waals surface area contributed by atoms with Gasteiger partial charge in [0.2, 0.25) is 47.3 Å². The second-order valence-electron chi connectivity index (χ2n) is 17.5. The van der Waals surface area contributed by atoms with Crippen LogP contribution in [0.15, 0.2) is 4.99 Å². The number of quaternary nitrogens is 1. The van der Waals surface area contributed by atoms with Crippen LogP contribution in [0.2, 0.25) is 0 Å². The molecular weight excluding hydrogens is 835 g/mol. The van der Waals surface area contributed by atoms with E-state index in [0.29, 0.717) is 36.6 Å². The maximum atomic E-state index is 13.8. The van der Waals surface area contributed by atoms with Gasteiger partial charge in [0.1, 0.15) is 48.6 Å². The number of guanidine groups is 1. The van der Waals surface area contributed by atoms with Gasteiger partial charge >= 0.3 is 0 Å². The Hall–Kier alpha value is -5.42. The van der Waals surface area contributed by atoms with Crippen LogP contribution in [0, 0.1) is 5.92 Å². The standard InChI is InChI=1S/C41H77N13O10/c1-23(2)32(52-38(62)30(16-11-13-19-42)51-40(64)33(27(6)56)53-35(59)25(4)47-28(7)57)39(63)48-26(5)34(58)49-31(18-15-20-45-41(43)44)37(61)50-29(36(60)46-24(3)22-55)17-12-14-21-54(8,9)10/h22-27,29-33,56H,11-21,42H2,1-10H3,(H11-,43,44,45,46,47,48,49,50,51,52,53,57,58,59,60,61,62,63,64)/p+1/t24-,25-,26-,27+,29-,30-,31-,32-,33-/m0/s1. The number of aliphatic hydroxyl groups excluding tert-OH is 1. The summed E-state index contributed by atoms with van der Waals surface area (Å²) in [6.07, 6.45) is 1.94. The van der Waals surface area contributed by atoms with Crippen LogP contribution in [0.1, 0.15) is 99.8 Å². The predicted octanol–water partition coefficient (Wildman–Crippen LogP) is -3.76. The van der Waals surface area contributed by atoms with E-state index in [1.807, 2.05) is 21.1 Å². The molecule has 0 aliphatic rings. The number of nitrogens with one attached hydrogen (secondary N) is 8. The fraction of sp³-hybridized carbons (Fsp3) is 0.756. The summed E-state index contributed by atoms with van der Waals surface area (Å²) in [4.78, 5) is 121. The molecule has 0 spiro atoms. The minimum atomic E-state index is -1.51. The Balaban J connectivity index is 6.23. The van der Waals surface area contributed by atoms with E-state index in [1.54, 1.807) is 13.8 Å². The van der Waals surface area contributed by atoms with Crippen molar-refractivity contribution in [2.45, 2.75) is 154 Å². The van der Waals surface area contributed by atoms with Gasteiger partial charge in [-0.3, -0.25) is 43.3 Å². The monoisotopic (exact) mass is 913 g/mol. The van der Waals surface area contributed by atoms with Gasteiger partial charge < -0.3 is 74.1 Å². The van der Waals surface area contributed by atoms with Gasteiger partial charge in [0.05, 0.1) is 39.8 Å². The van der Waals surface area contributed by atoms with Crippen LogP contribution in [0.4, 0.5) is 0 Å². The Bertz CT molecular complexity index is 1580. The molecule has 0 radical (unpaired) electrons. The van der Waals surface area contributed by atoms with Crippen molar-refractivity contribution in [1.29, 1.82) is 0 Å². The highest BCUT2D eigenvalue weighted by molar-refractivity contribution is 5.97. The van der Waals surface area contributed by atoms with E-state index in [2.05, 4.69) is 47.5 Å². The van der Waals surface area contributed by atoms with Crippen molar-refractivity contribution >= 4 is 59.5 Å². The lowest BCUT2D eigenvalue weighted by molar-refractivity contribution is -0.870. The highest BCUT2D eigenvalue weighted by atomic mass is 16.3. The molecule has 8 amide bonds. The fourth-order valence-electron chi connectivity index (χ4n) is 6.14. The lowest BCUT2D eigenvalue weighted by Crippen LogP contribution is -2.61. The smallest absolute Gasteiger partial charge is 0.245 e. The quantitative estimate of drug-likeness (QED) is 0.0105. The molecule has 0 aromatic rings. The Labute approximate surface area is 377 Å². The van der Waals surface area contributed by atoms with Crippen LogP contribution in [0.25, 0.3) is 0 Å². The van der Waals surface area contributed by atoms with E-state index in [9.17, 15) is 48.3 Å². The molecule has 0 bridgehead atoms. The van der Waals surface area contributed by atoms with Gasteiger partial charge in [-0.1, -0.05) is 13.8 Å². The van der Waals surface area contributed by atoms with E-state index in [0.717, 1.165) is 13.0 Å². The zero-order chi connectivity index (χ0) is 49.3. The van der Waals surface area contributed by atoms with Crippen molar-refractivity contribution in [1.82, 2.24) is 42.5 Å². The average molecular weight is 913 g/mol. The van der Waals surface area contributed by atoms with Gasteiger partial charge in [0, 0.05) is 13.5 Å². The molecule has 366 valence electrons. The summed E-state index contributed by atoms with van der Waals surface area (Å²) < 4.78 is 0.693. The Morgan fingerprint density at radius 1 is 0.578 bits per heavy atom. The summed E-state index contributed by atoms with van der Waals surface area (Å²) in [6, 6.07) is -9.34. The molecule has 23 nitrogen and oxygen atoms in total. The molecule has 0 aliphatic heterocycles. The molecule has 0 rings (SSSR count). The minimum Gasteiger partial charge on any atom is -0.391 e. The normalized spacial score (nSPS) is 15.5. The number of aldehydes is 1. The first kappa shape index (κ1) is 58.6. The van der Waals surface area contributed by atoms with Gasteiger partial charge in [0.25, 0.3) is 0 Å². The van der Waals surface area contributed by atoms with Gasteiger partial charge in [-0.15, -0.1) is 0 Å². The van der Waals surface area contributed by atoms with Gasteiger partial charge in [-0.2, -0.15) is 0 Å². The molecule has 0 saturated heterocycles. The third kappa shape index (κ3) is 24.4. The molecule has 64 heavy (non-hydrogen) atoms. The number of rotatable bonds is 31. The third-order valence-electron chi connectivity index (χ3n) is 9.81. The van der Waals surface area contributed by atoms with Gasteiger partial charge in [-0.05, 0) is 91.5 Å². The second kappa shape index (κ2) is 29.9. The molecule has 23 heteroatoms. The highest BCUT2D eigenvalue weighted by Gasteiger charge is 2.35. The molecule has 0 saturated carbocycles. The van der Waals surface area contributed by atoms with E-state index in [1.165, 1.54) is 34.6 Å². The van der Waals surface area contributed by atoms with Crippen LogP contribution in [-0.4, -0.2) is 164 Å². The van der Waals surface area contributed by atoms with Crippen molar-refractivity contribution in [3.8, 4) is 0 Å². The lowest BCUT2D eigenvalue weighted by Gasteiger charge is -2.29. The van der Waals surface area contributed by atoms with Crippen molar-refractivity contribution in [3.63, 3.8) is 0 Å². The second-order valence-corrected chi connectivity index (χ2v) is 17.5. The number of carbonyl (C=O) groups excluding carboxylic acids is 9. The maximum absolute atomic E-state index is 13.8. The predicted molar refractivity (Wildman–Crippen MR) is 240 cm³/mol. The van der Waals surface area contributed by atoms with Crippen molar-refractivity contribution in [2.75, 3.05) is 40.8 Å². The molecule has 0 aliphatic carbocycles. The highest BCUT2D eigenvalue weighted by Crippen LogP contribution is 2.10. The molecule has 0 unspecified atom stereocenters. The summed E-state index contributed by atoms with van der Waals surface area (Å²) in [5.41, 5.74) is 16.6. The largest absolute Gasteiger partial charge is 0.391 e. The lowest BCUT2D eigenvalue weighted by atomic mass is 10.0. The van der Waals surface area contributed by atoms with E-state index in [-0.39, 0.29) is 38.2 Å². The van der Waals surface area contributed by atoms with Crippen molar-refractivity contribution in [3.05, 3.63) is 0 Å². The SMILES string of the molecule is CC(=O)N[C@@H](C)C(=O)N[C@H](C(=O)N[C@@H](CCCCN)C(=O)N[C@H](C(=O)N[C@@H](C)C(=O)N[C@@H](CCCN=C(N)N)C(=O)N[C@@H](CCCC[N+](C)(C)C)C(=O)N[C@@H](C)C=O)C(C)C)[C@@H](C)O. The molecule has 0 heterocycles. The number of nitrogens with zero attached hydrogens (tertiary/aromatic N) is 2. The molecule has 0 aromatic heterocycles. The van der Waals surface area contributed by atoms with E-state index >= 15 is 0 Å². The summed E-state index contributed by atoms with van der Waals surface area (Å²) in [5.74, 6) is -6.43. The summed E-state index contributed by atoms with van der Waals surface area (Å²) >= 11 is 0. The number of carbonyl (C=O) groups is 9. The van der Waals surface area contributed by atoms with Gasteiger partial charge in [0.15, 0.2) is 5.96 Å². The number of aliphatic imine (C=N–C) groups is 1. The van der Waals surface area contributed by atoms with Crippen LogP contribution < -0.4 is 59.7 Å². The maximum Gasteiger partial charge on any atom is 0.245 e. The summed E-state index contributed by atoms with van der Waals surface area (Å²) in [6.45, 7) is 11.2. The first-order valence-electron chi connectivity index (χ1n) is 21.8. The van der Waals surface area contributed by atoms with Crippen LogP contribution in [-0.2, 0) is 43.2 Å². The molecule has 9 atom stereocenters. The first-order valence-corrected chi connectivity index (χ1v) is 21.8. The fourth-order valence-corrected chi connectivity index (χ4v) is 6.14. The Kier molecular flexibility index (Phi) is 27.3. The third-order valence-corrected chi connectivity index (χ3v) is 9.81.